The highest BCUT2D eigenvalue weighted by Crippen LogP contribution is 2.25. The van der Waals surface area contributed by atoms with Crippen LogP contribution in [0.4, 0.5) is 13.2 Å². The van der Waals surface area contributed by atoms with Gasteiger partial charge in [-0.3, -0.25) is 4.79 Å². The number of amides is 1. The van der Waals surface area contributed by atoms with Crippen LogP contribution in [0.15, 0.2) is 28.8 Å². The Morgan fingerprint density at radius 3 is 2.63 bits per heavy atom. The second kappa shape index (κ2) is 9.00. The summed E-state index contributed by atoms with van der Waals surface area (Å²) in [5.74, 6) is -2.25. The Balaban J connectivity index is 0.000000318. The van der Waals surface area contributed by atoms with Crippen LogP contribution in [0.3, 0.4) is 0 Å². The monoisotopic (exact) mass is 429 g/mol. The first-order chi connectivity index (χ1) is 14.1. The van der Waals surface area contributed by atoms with Crippen LogP contribution in [0.25, 0.3) is 11.0 Å². The second-order valence-electron chi connectivity index (χ2n) is 7.34. The lowest BCUT2D eigenvalue weighted by atomic mass is 10.1. The van der Waals surface area contributed by atoms with Crippen molar-refractivity contribution in [3.05, 3.63) is 30.0 Å². The molecule has 164 valence electrons. The van der Waals surface area contributed by atoms with E-state index in [0.29, 0.717) is 12.5 Å². The molecule has 0 aliphatic carbocycles. The van der Waals surface area contributed by atoms with Crippen molar-refractivity contribution < 1.29 is 37.1 Å². The summed E-state index contributed by atoms with van der Waals surface area (Å²) in [7, 11) is 2.11. The number of fused-ring (bicyclic) bond motifs is 2. The molecule has 1 amide bonds. The molecular formula is C19H22F3N3O5. The summed E-state index contributed by atoms with van der Waals surface area (Å²) in [5, 5.41) is 12.1. The fourth-order valence-corrected chi connectivity index (χ4v) is 3.58. The summed E-state index contributed by atoms with van der Waals surface area (Å²) in [6.45, 7) is 4.15. The maximum Gasteiger partial charge on any atom is 0.490 e. The molecule has 1 aromatic heterocycles. The number of hydrogen-bond acceptors (Lipinski definition) is 6. The number of carbonyl (C=O) groups excluding carboxylic acids is 1. The molecule has 2 fully saturated rings. The molecule has 0 spiro atoms. The van der Waals surface area contributed by atoms with Crippen LogP contribution >= 0.6 is 0 Å². The smallest absolute Gasteiger partial charge is 0.475 e. The molecule has 1 aromatic carbocycles. The minimum atomic E-state index is -5.08. The lowest BCUT2D eigenvalue weighted by Crippen LogP contribution is -2.33. The van der Waals surface area contributed by atoms with Crippen molar-refractivity contribution in [2.45, 2.75) is 18.7 Å². The number of aliphatic carboxylic acids is 1. The molecule has 8 nitrogen and oxygen atoms in total. The molecule has 1 N–H and O–H groups in total. The lowest BCUT2D eigenvalue weighted by Gasteiger charge is -2.19. The Kier molecular flexibility index (Phi) is 6.61. The standard InChI is InChI=1S/C17H21N3O3.C2HF3O2/c1-19-6-7-22-16-11-20(10-12(16)9-19)17(21)8-14-13-4-2-3-5-15(13)23-18-14;3-2(4,5)1(6)7/h2-5,12,16H,6-11H2,1H3;(H,6,7)/t12-,16+;/m0./s1. The van der Waals surface area contributed by atoms with E-state index in [2.05, 4.69) is 17.1 Å². The number of alkyl halides is 3. The Hall–Kier alpha value is -2.66. The zero-order valence-electron chi connectivity index (χ0n) is 16.3. The van der Waals surface area contributed by atoms with Gasteiger partial charge in [0, 0.05) is 37.5 Å². The SMILES string of the molecule is CN1CCO[C@@H]2CN(C(=O)Cc3noc4ccccc34)C[C@@H]2C1.O=C(O)C(F)(F)F. The third-order valence-electron chi connectivity index (χ3n) is 5.10. The van der Waals surface area contributed by atoms with E-state index >= 15 is 0 Å². The van der Waals surface area contributed by atoms with Crippen molar-refractivity contribution in [3.8, 4) is 0 Å². The number of nitrogens with zero attached hydrogens (tertiary/aromatic N) is 3. The number of ether oxygens (including phenoxy) is 1. The fraction of sp³-hybridized carbons (Fsp3) is 0.526. The van der Waals surface area contributed by atoms with Crippen LogP contribution in [0.2, 0.25) is 0 Å². The largest absolute Gasteiger partial charge is 0.490 e. The van der Waals surface area contributed by atoms with E-state index < -0.39 is 12.1 Å². The van der Waals surface area contributed by atoms with Gasteiger partial charge in [-0.25, -0.2) is 4.79 Å². The van der Waals surface area contributed by atoms with Gasteiger partial charge in [-0.1, -0.05) is 17.3 Å². The quantitative estimate of drug-likeness (QED) is 0.778. The summed E-state index contributed by atoms with van der Waals surface area (Å²) in [6, 6.07) is 7.65. The first kappa shape index (κ1) is 22.0. The summed E-state index contributed by atoms with van der Waals surface area (Å²) in [4.78, 5) is 25.7. The van der Waals surface area contributed by atoms with Crippen LogP contribution in [-0.2, 0) is 20.7 Å². The van der Waals surface area contributed by atoms with E-state index in [1.165, 1.54) is 0 Å². The summed E-state index contributed by atoms with van der Waals surface area (Å²) in [5.41, 5.74) is 1.45. The normalized spacial score (nSPS) is 22.2. The van der Waals surface area contributed by atoms with E-state index in [1.807, 2.05) is 29.2 Å². The molecule has 2 aliphatic heterocycles. The van der Waals surface area contributed by atoms with Gasteiger partial charge in [0.05, 0.1) is 19.1 Å². The maximum absolute atomic E-state index is 12.6. The second-order valence-corrected chi connectivity index (χ2v) is 7.34. The Morgan fingerprint density at radius 1 is 1.23 bits per heavy atom. The number of carbonyl (C=O) groups is 2. The van der Waals surface area contributed by atoms with E-state index in [0.717, 1.165) is 42.9 Å². The first-order valence-corrected chi connectivity index (χ1v) is 9.36. The number of likely N-dealkylation sites (tertiary alicyclic amines) is 1. The summed E-state index contributed by atoms with van der Waals surface area (Å²) in [6.07, 6.45) is -4.63. The van der Waals surface area contributed by atoms with Crippen molar-refractivity contribution in [3.63, 3.8) is 0 Å². The molecule has 0 saturated carbocycles. The average molecular weight is 429 g/mol. The number of aromatic nitrogens is 1. The lowest BCUT2D eigenvalue weighted by molar-refractivity contribution is -0.192. The van der Waals surface area contributed by atoms with Gasteiger partial charge in [-0.2, -0.15) is 13.2 Å². The minimum Gasteiger partial charge on any atom is -0.475 e. The molecule has 30 heavy (non-hydrogen) atoms. The maximum atomic E-state index is 12.6. The van der Waals surface area contributed by atoms with Gasteiger partial charge >= 0.3 is 12.1 Å². The number of benzene rings is 1. The highest BCUT2D eigenvalue weighted by atomic mass is 19.4. The summed E-state index contributed by atoms with van der Waals surface area (Å²) >= 11 is 0. The van der Waals surface area contributed by atoms with E-state index in [-0.39, 0.29) is 18.4 Å². The van der Waals surface area contributed by atoms with Crippen molar-refractivity contribution >= 4 is 22.8 Å². The zero-order valence-corrected chi connectivity index (χ0v) is 16.3. The minimum absolute atomic E-state index is 0.100. The number of likely N-dealkylation sites (N-methyl/N-ethyl adjacent to an activating group) is 1. The van der Waals surface area contributed by atoms with Gasteiger partial charge in [0.15, 0.2) is 5.58 Å². The highest BCUT2D eigenvalue weighted by Gasteiger charge is 2.39. The third-order valence-corrected chi connectivity index (χ3v) is 5.10. The van der Waals surface area contributed by atoms with Gasteiger partial charge in [-0.05, 0) is 19.2 Å². The molecule has 2 aromatic rings. The van der Waals surface area contributed by atoms with Crippen molar-refractivity contribution in [2.75, 3.05) is 39.8 Å². The first-order valence-electron chi connectivity index (χ1n) is 9.36. The average Bonchev–Trinajstić information content (AvgIpc) is 3.22. The predicted molar refractivity (Wildman–Crippen MR) is 98.7 cm³/mol. The molecule has 0 unspecified atom stereocenters. The fourth-order valence-electron chi connectivity index (χ4n) is 3.58. The topological polar surface area (TPSA) is 96.1 Å². The molecule has 0 radical (unpaired) electrons. The van der Waals surface area contributed by atoms with Crippen molar-refractivity contribution in [1.82, 2.24) is 15.0 Å². The van der Waals surface area contributed by atoms with Crippen LogP contribution in [-0.4, -0.2) is 84.1 Å². The van der Waals surface area contributed by atoms with E-state index in [4.69, 9.17) is 19.2 Å². The van der Waals surface area contributed by atoms with Crippen LogP contribution < -0.4 is 0 Å². The van der Waals surface area contributed by atoms with Gasteiger partial charge < -0.3 is 24.2 Å². The molecule has 0 bridgehead atoms. The van der Waals surface area contributed by atoms with Crippen LogP contribution in [0, 0.1) is 5.92 Å². The molecule has 3 heterocycles. The Morgan fingerprint density at radius 2 is 1.93 bits per heavy atom. The molecule has 2 saturated heterocycles. The number of hydrogen-bond donors (Lipinski definition) is 1. The molecule has 2 atom stereocenters. The van der Waals surface area contributed by atoms with E-state index in [9.17, 15) is 18.0 Å². The number of rotatable bonds is 2. The molecular weight excluding hydrogens is 407 g/mol. The molecule has 2 aliphatic rings. The van der Waals surface area contributed by atoms with Gasteiger partial charge in [-0.15, -0.1) is 0 Å². The Bertz CT molecular complexity index is 901. The third kappa shape index (κ3) is 5.28. The predicted octanol–water partition coefficient (Wildman–Crippen LogP) is 1.79. The van der Waals surface area contributed by atoms with Crippen molar-refractivity contribution in [2.24, 2.45) is 5.92 Å². The van der Waals surface area contributed by atoms with Crippen molar-refractivity contribution in [1.29, 1.82) is 0 Å². The number of para-hydroxylation sites is 1. The van der Waals surface area contributed by atoms with Gasteiger partial charge in [0.2, 0.25) is 5.91 Å². The molecule has 4 rings (SSSR count). The van der Waals surface area contributed by atoms with E-state index in [1.54, 1.807) is 0 Å². The number of carboxylic acid groups (broad SMARTS) is 1. The van der Waals surface area contributed by atoms with Crippen LogP contribution in [0.5, 0.6) is 0 Å². The number of carboxylic acids is 1. The highest BCUT2D eigenvalue weighted by molar-refractivity contribution is 5.86. The number of halogens is 3. The van der Waals surface area contributed by atoms with Crippen LogP contribution in [0.1, 0.15) is 5.69 Å². The Labute approximate surface area is 170 Å². The summed E-state index contributed by atoms with van der Waals surface area (Å²) < 4.78 is 42.9. The van der Waals surface area contributed by atoms with Gasteiger partial charge in [0.1, 0.15) is 5.69 Å². The zero-order chi connectivity index (χ0) is 21.9. The molecule has 11 heteroatoms. The van der Waals surface area contributed by atoms with Gasteiger partial charge in [0.25, 0.3) is 0 Å².